The molecule has 0 bridgehead atoms. The summed E-state index contributed by atoms with van der Waals surface area (Å²) >= 11 is 1.09. The molecule has 13 heteroatoms. The van der Waals surface area contributed by atoms with Crippen LogP contribution in [0.25, 0.3) is 11.0 Å². The van der Waals surface area contributed by atoms with E-state index in [-0.39, 0.29) is 27.5 Å². The number of carbonyl (C=O) groups excluding carboxylic acids is 1. The number of fused-ring (bicyclic) bond motifs is 1. The standard InChI is InChI=1S/C19H21N5O6S2/c1-22-16-13(18(26)23(2)19(22)27)4-5-14(21-16)17(25)20-11-12-3-6-15(31-12)32(28,29)24-7-9-30-10-8-24/h3-6H,7-11H2,1-2H3,(H,20,25). The number of nitrogens with one attached hydrogen (secondary N) is 1. The van der Waals surface area contributed by atoms with Gasteiger partial charge in [0.25, 0.3) is 21.5 Å². The van der Waals surface area contributed by atoms with Gasteiger partial charge in [0.1, 0.15) is 15.6 Å². The summed E-state index contributed by atoms with van der Waals surface area (Å²) in [5.74, 6) is -0.508. The summed E-state index contributed by atoms with van der Waals surface area (Å²) in [6.07, 6.45) is 0. The van der Waals surface area contributed by atoms with Crippen molar-refractivity contribution in [3.05, 3.63) is 55.7 Å². The van der Waals surface area contributed by atoms with Gasteiger partial charge in [-0.25, -0.2) is 18.2 Å². The molecule has 1 amide bonds. The maximum Gasteiger partial charge on any atom is 0.332 e. The molecular formula is C19H21N5O6S2. The minimum absolute atomic E-state index is 0.0403. The van der Waals surface area contributed by atoms with E-state index in [0.29, 0.717) is 31.2 Å². The number of rotatable bonds is 5. The molecule has 170 valence electrons. The Balaban J connectivity index is 1.50. The lowest BCUT2D eigenvalue weighted by atomic mass is 10.2. The van der Waals surface area contributed by atoms with Gasteiger partial charge >= 0.3 is 5.69 Å². The van der Waals surface area contributed by atoms with Gasteiger partial charge in [-0.05, 0) is 24.3 Å². The van der Waals surface area contributed by atoms with Crippen molar-refractivity contribution in [2.24, 2.45) is 14.1 Å². The zero-order chi connectivity index (χ0) is 23.0. The molecule has 0 aromatic carbocycles. The fourth-order valence-corrected chi connectivity index (χ4v) is 6.20. The smallest absolute Gasteiger partial charge is 0.332 e. The number of carbonyl (C=O) groups is 1. The fraction of sp³-hybridized carbons (Fsp3) is 0.368. The topological polar surface area (TPSA) is 133 Å². The van der Waals surface area contributed by atoms with Crippen molar-refractivity contribution in [3.8, 4) is 0 Å². The third-order valence-electron chi connectivity index (χ3n) is 5.16. The highest BCUT2D eigenvalue weighted by molar-refractivity contribution is 7.91. The summed E-state index contributed by atoms with van der Waals surface area (Å²) < 4.78 is 34.4. The third kappa shape index (κ3) is 3.99. The van der Waals surface area contributed by atoms with E-state index in [1.165, 1.54) is 41.2 Å². The molecule has 0 atom stereocenters. The molecule has 1 fully saturated rings. The maximum absolute atomic E-state index is 12.7. The number of morpholine rings is 1. The number of ether oxygens (including phenoxy) is 1. The first-order chi connectivity index (χ1) is 15.2. The quantitative estimate of drug-likeness (QED) is 0.529. The van der Waals surface area contributed by atoms with Gasteiger partial charge in [-0.1, -0.05) is 0 Å². The van der Waals surface area contributed by atoms with Gasteiger partial charge in [-0.15, -0.1) is 11.3 Å². The van der Waals surface area contributed by atoms with Gasteiger partial charge in [0.05, 0.1) is 25.1 Å². The summed E-state index contributed by atoms with van der Waals surface area (Å²) in [5.41, 5.74) is -0.880. The van der Waals surface area contributed by atoms with Crippen LogP contribution in [-0.2, 0) is 35.4 Å². The molecule has 1 aliphatic rings. The molecule has 4 heterocycles. The van der Waals surface area contributed by atoms with E-state index in [2.05, 4.69) is 10.3 Å². The Hall–Kier alpha value is -2.87. The van der Waals surface area contributed by atoms with Crippen molar-refractivity contribution < 1.29 is 17.9 Å². The molecule has 1 aliphatic heterocycles. The fourth-order valence-electron chi connectivity index (χ4n) is 3.34. The maximum atomic E-state index is 12.7. The average Bonchev–Trinajstić information content (AvgIpc) is 3.30. The number of aromatic nitrogens is 3. The van der Waals surface area contributed by atoms with Crippen LogP contribution in [0.3, 0.4) is 0 Å². The van der Waals surface area contributed by atoms with Gasteiger partial charge in [0, 0.05) is 32.1 Å². The number of pyridine rings is 1. The summed E-state index contributed by atoms with van der Waals surface area (Å²) in [5, 5.41) is 2.92. The van der Waals surface area contributed by atoms with E-state index in [1.807, 2.05) is 0 Å². The average molecular weight is 480 g/mol. The Kier molecular flexibility index (Phi) is 5.99. The summed E-state index contributed by atoms with van der Waals surface area (Å²) in [4.78, 5) is 41.8. The molecule has 1 saturated heterocycles. The number of amides is 1. The second-order valence-electron chi connectivity index (χ2n) is 7.19. The minimum Gasteiger partial charge on any atom is -0.379 e. The Morgan fingerprint density at radius 3 is 2.56 bits per heavy atom. The van der Waals surface area contributed by atoms with Crippen molar-refractivity contribution in [1.82, 2.24) is 23.7 Å². The first kappa shape index (κ1) is 22.3. The van der Waals surface area contributed by atoms with Crippen molar-refractivity contribution in [1.29, 1.82) is 0 Å². The van der Waals surface area contributed by atoms with Crippen LogP contribution in [0, 0.1) is 0 Å². The first-order valence-electron chi connectivity index (χ1n) is 9.72. The van der Waals surface area contributed by atoms with E-state index in [9.17, 15) is 22.8 Å². The molecule has 4 rings (SSSR count). The molecule has 3 aromatic rings. The zero-order valence-electron chi connectivity index (χ0n) is 17.4. The van der Waals surface area contributed by atoms with Gasteiger partial charge in [0.15, 0.2) is 0 Å². The number of hydrogen-bond acceptors (Lipinski definition) is 8. The molecule has 0 unspecified atom stereocenters. The molecular weight excluding hydrogens is 458 g/mol. The Morgan fingerprint density at radius 2 is 1.84 bits per heavy atom. The molecule has 0 spiro atoms. The molecule has 3 aromatic heterocycles. The lowest BCUT2D eigenvalue weighted by molar-refractivity contribution is 0.0731. The van der Waals surface area contributed by atoms with Crippen molar-refractivity contribution in [2.45, 2.75) is 10.8 Å². The summed E-state index contributed by atoms with van der Waals surface area (Å²) in [6.45, 7) is 1.46. The molecule has 1 N–H and O–H groups in total. The molecule has 0 radical (unpaired) electrons. The monoisotopic (exact) mass is 479 g/mol. The van der Waals surface area contributed by atoms with Crippen LogP contribution in [0.15, 0.2) is 38.1 Å². The minimum atomic E-state index is -3.59. The van der Waals surface area contributed by atoms with E-state index in [4.69, 9.17) is 4.74 Å². The number of sulfonamides is 1. The van der Waals surface area contributed by atoms with Crippen molar-refractivity contribution in [3.63, 3.8) is 0 Å². The molecule has 0 aliphatic carbocycles. The lowest BCUT2D eigenvalue weighted by Crippen LogP contribution is -2.40. The van der Waals surface area contributed by atoms with Gasteiger partial charge in [-0.2, -0.15) is 4.31 Å². The van der Waals surface area contributed by atoms with Crippen molar-refractivity contribution in [2.75, 3.05) is 26.3 Å². The number of hydrogen-bond donors (Lipinski definition) is 1. The number of thiophene rings is 1. The second-order valence-corrected chi connectivity index (χ2v) is 10.5. The van der Waals surface area contributed by atoms with E-state index in [1.54, 1.807) is 6.07 Å². The number of nitrogens with zero attached hydrogens (tertiary/aromatic N) is 4. The van der Waals surface area contributed by atoms with Gasteiger partial charge < -0.3 is 10.1 Å². The summed E-state index contributed by atoms with van der Waals surface area (Å²) in [7, 11) is -0.742. The summed E-state index contributed by atoms with van der Waals surface area (Å²) in [6, 6.07) is 6.04. The highest BCUT2D eigenvalue weighted by atomic mass is 32.2. The molecule has 0 saturated carbocycles. The van der Waals surface area contributed by atoms with E-state index in [0.717, 1.165) is 15.9 Å². The van der Waals surface area contributed by atoms with Crippen LogP contribution >= 0.6 is 11.3 Å². The first-order valence-corrected chi connectivity index (χ1v) is 12.0. The Bertz CT molecular complexity index is 1420. The normalized spacial score (nSPS) is 15.2. The largest absolute Gasteiger partial charge is 0.379 e. The predicted octanol–water partition coefficient (Wildman–Crippen LogP) is -0.355. The van der Waals surface area contributed by atoms with Crippen LogP contribution in [0.1, 0.15) is 15.4 Å². The predicted molar refractivity (Wildman–Crippen MR) is 117 cm³/mol. The van der Waals surface area contributed by atoms with Gasteiger partial charge in [-0.3, -0.25) is 18.7 Å². The SMILES string of the molecule is Cn1c(=O)c2ccc(C(=O)NCc3ccc(S(=O)(=O)N4CCOCC4)s3)nc2n(C)c1=O. The second kappa shape index (κ2) is 8.58. The number of aryl methyl sites for hydroxylation is 1. The lowest BCUT2D eigenvalue weighted by Gasteiger charge is -2.25. The van der Waals surface area contributed by atoms with Crippen LogP contribution in [0.2, 0.25) is 0 Å². The van der Waals surface area contributed by atoms with Crippen LogP contribution in [-0.4, -0.2) is 59.1 Å². The molecule has 11 nitrogen and oxygen atoms in total. The third-order valence-corrected chi connectivity index (χ3v) is 8.61. The van der Waals surface area contributed by atoms with Gasteiger partial charge in [0.2, 0.25) is 0 Å². The highest BCUT2D eigenvalue weighted by Crippen LogP contribution is 2.25. The van der Waals surface area contributed by atoms with Crippen LogP contribution in [0.4, 0.5) is 0 Å². The van der Waals surface area contributed by atoms with E-state index >= 15 is 0 Å². The Morgan fingerprint density at radius 1 is 1.12 bits per heavy atom. The van der Waals surface area contributed by atoms with Crippen LogP contribution < -0.4 is 16.6 Å². The highest BCUT2D eigenvalue weighted by Gasteiger charge is 2.27. The van der Waals surface area contributed by atoms with Crippen molar-refractivity contribution >= 4 is 38.3 Å². The Labute approximate surface area is 186 Å². The van der Waals surface area contributed by atoms with E-state index < -0.39 is 27.2 Å². The molecule has 32 heavy (non-hydrogen) atoms. The zero-order valence-corrected chi connectivity index (χ0v) is 19.0. The van der Waals surface area contributed by atoms with Crippen LogP contribution in [0.5, 0.6) is 0 Å².